The van der Waals surface area contributed by atoms with Gasteiger partial charge in [0.05, 0.1) is 21.2 Å². The molecule has 3 rings (SSSR count). The molecule has 0 amide bonds. The van der Waals surface area contributed by atoms with E-state index in [1.807, 2.05) is 30.5 Å². The smallest absolute Gasteiger partial charge is 0.319 e. The molecule has 0 bridgehead atoms. The maximum atomic E-state index is 11.3. The van der Waals surface area contributed by atoms with Crippen molar-refractivity contribution in [3.05, 3.63) is 50.1 Å². The first-order valence-corrected chi connectivity index (χ1v) is 7.73. The van der Waals surface area contributed by atoms with E-state index in [0.29, 0.717) is 11.2 Å². The molecule has 0 aliphatic rings. The summed E-state index contributed by atoms with van der Waals surface area (Å²) in [5.41, 5.74) is 2.63. The fraction of sp³-hybridized carbons (Fsp3) is 0.154. The molecule has 0 spiro atoms. The van der Waals surface area contributed by atoms with Crippen molar-refractivity contribution in [3.8, 4) is 0 Å². The van der Waals surface area contributed by atoms with E-state index in [2.05, 4.69) is 10.3 Å². The molecule has 0 saturated heterocycles. The molecule has 0 fully saturated rings. The van der Waals surface area contributed by atoms with Crippen LogP contribution < -0.4 is 5.32 Å². The second-order valence-corrected chi connectivity index (χ2v) is 6.17. The highest BCUT2D eigenvalue weighted by Crippen LogP contribution is 2.36. The largest absolute Gasteiger partial charge is 0.372 e. The molecule has 20 heavy (non-hydrogen) atoms. The highest BCUT2D eigenvalue weighted by Gasteiger charge is 2.22. The molecule has 1 aromatic carbocycles. The summed E-state index contributed by atoms with van der Waals surface area (Å²) in [5, 5.41) is 16.5. The molecule has 1 atom stereocenters. The molecule has 0 aliphatic carbocycles. The number of hydrogen-bond donors (Lipinski definition) is 1. The standard InChI is InChI=1S/C13H11N3O2S2/c1-8(10-3-2-6-19-10)15-9-4-5-11-12(14-7-20-11)13(9)16(17)18/h2-8,15H,1H3. The number of nitro groups is 1. The average molecular weight is 305 g/mol. The summed E-state index contributed by atoms with van der Waals surface area (Å²) in [6.07, 6.45) is 0. The van der Waals surface area contributed by atoms with E-state index in [4.69, 9.17) is 0 Å². The number of rotatable bonds is 4. The van der Waals surface area contributed by atoms with Crippen LogP contribution in [-0.2, 0) is 0 Å². The Hall–Kier alpha value is -1.99. The van der Waals surface area contributed by atoms with Crippen LogP contribution in [0.5, 0.6) is 0 Å². The van der Waals surface area contributed by atoms with Gasteiger partial charge in [0.15, 0.2) is 5.52 Å². The maximum Gasteiger partial charge on any atom is 0.319 e. The minimum absolute atomic E-state index is 0.0183. The van der Waals surface area contributed by atoms with Gasteiger partial charge in [0.25, 0.3) is 0 Å². The fourth-order valence-electron chi connectivity index (χ4n) is 2.06. The molecule has 0 saturated carbocycles. The van der Waals surface area contributed by atoms with Crippen molar-refractivity contribution >= 4 is 44.3 Å². The van der Waals surface area contributed by atoms with Crippen molar-refractivity contribution in [2.24, 2.45) is 0 Å². The van der Waals surface area contributed by atoms with Crippen LogP contribution in [0.1, 0.15) is 17.8 Å². The van der Waals surface area contributed by atoms with Gasteiger partial charge in [-0.25, -0.2) is 4.98 Å². The summed E-state index contributed by atoms with van der Waals surface area (Å²) in [6.45, 7) is 1.99. The number of nitrogens with one attached hydrogen (secondary N) is 1. The van der Waals surface area contributed by atoms with Crippen LogP contribution in [0.2, 0.25) is 0 Å². The average Bonchev–Trinajstić information content (AvgIpc) is 3.08. The van der Waals surface area contributed by atoms with Crippen molar-refractivity contribution in [1.29, 1.82) is 0 Å². The highest BCUT2D eigenvalue weighted by atomic mass is 32.1. The number of aromatic nitrogens is 1. The van der Waals surface area contributed by atoms with Gasteiger partial charge in [-0.1, -0.05) is 6.07 Å². The van der Waals surface area contributed by atoms with Gasteiger partial charge in [0.1, 0.15) is 5.69 Å². The first kappa shape index (κ1) is 13.0. The predicted octanol–water partition coefficient (Wildman–Crippen LogP) is 4.44. The van der Waals surface area contributed by atoms with Gasteiger partial charge in [-0.05, 0) is 30.5 Å². The van der Waals surface area contributed by atoms with Crippen LogP contribution in [0.15, 0.2) is 35.2 Å². The number of hydrogen-bond acceptors (Lipinski definition) is 6. The van der Waals surface area contributed by atoms with Crippen LogP contribution >= 0.6 is 22.7 Å². The second kappa shape index (κ2) is 5.18. The molecule has 102 valence electrons. The lowest BCUT2D eigenvalue weighted by atomic mass is 10.2. The van der Waals surface area contributed by atoms with Crippen LogP contribution in [0.4, 0.5) is 11.4 Å². The minimum Gasteiger partial charge on any atom is -0.372 e. The molecule has 0 radical (unpaired) electrons. The van der Waals surface area contributed by atoms with E-state index in [9.17, 15) is 10.1 Å². The van der Waals surface area contributed by atoms with Crippen molar-refractivity contribution in [2.75, 3.05) is 5.32 Å². The maximum absolute atomic E-state index is 11.3. The highest BCUT2D eigenvalue weighted by molar-refractivity contribution is 7.16. The summed E-state index contributed by atoms with van der Waals surface area (Å²) in [5.74, 6) is 0. The lowest BCUT2D eigenvalue weighted by molar-refractivity contribution is -0.382. The molecule has 2 heterocycles. The van der Waals surface area contributed by atoms with E-state index < -0.39 is 0 Å². The Morgan fingerprint density at radius 2 is 2.20 bits per heavy atom. The zero-order valence-electron chi connectivity index (χ0n) is 10.6. The third-order valence-corrected chi connectivity index (χ3v) is 4.85. The van der Waals surface area contributed by atoms with Gasteiger partial charge >= 0.3 is 5.69 Å². The summed E-state index contributed by atoms with van der Waals surface area (Å²) in [7, 11) is 0. The second-order valence-electron chi connectivity index (χ2n) is 4.30. The molecule has 0 aliphatic heterocycles. The summed E-state index contributed by atoms with van der Waals surface area (Å²) < 4.78 is 0.825. The number of nitrogens with zero attached hydrogens (tertiary/aromatic N) is 2. The number of fused-ring (bicyclic) bond motifs is 1. The minimum atomic E-state index is -0.370. The Morgan fingerprint density at radius 1 is 1.35 bits per heavy atom. The number of benzene rings is 1. The SMILES string of the molecule is CC(Nc1ccc2scnc2c1[N+](=O)[O-])c1cccs1. The van der Waals surface area contributed by atoms with E-state index in [1.54, 1.807) is 22.9 Å². The molecule has 5 nitrogen and oxygen atoms in total. The normalized spacial score (nSPS) is 12.4. The lowest BCUT2D eigenvalue weighted by Crippen LogP contribution is -2.07. The van der Waals surface area contributed by atoms with Gasteiger partial charge in [-0.3, -0.25) is 10.1 Å². The lowest BCUT2D eigenvalue weighted by Gasteiger charge is -2.13. The first-order chi connectivity index (χ1) is 9.66. The predicted molar refractivity (Wildman–Crippen MR) is 82.6 cm³/mol. The Labute approximate surface area is 123 Å². The first-order valence-electron chi connectivity index (χ1n) is 5.97. The van der Waals surface area contributed by atoms with Crippen LogP contribution in [0.3, 0.4) is 0 Å². The quantitative estimate of drug-likeness (QED) is 0.571. The third-order valence-electron chi connectivity index (χ3n) is 3.00. The van der Waals surface area contributed by atoms with Crippen molar-refractivity contribution in [3.63, 3.8) is 0 Å². The summed E-state index contributed by atoms with van der Waals surface area (Å²) in [6, 6.07) is 7.61. The zero-order chi connectivity index (χ0) is 14.1. The van der Waals surface area contributed by atoms with Gasteiger partial charge in [0.2, 0.25) is 0 Å². The molecule has 1 N–H and O–H groups in total. The molecular weight excluding hydrogens is 294 g/mol. The number of thiophene rings is 1. The fourth-order valence-corrected chi connectivity index (χ4v) is 3.47. The van der Waals surface area contributed by atoms with Gasteiger partial charge in [-0.15, -0.1) is 22.7 Å². The molecule has 3 aromatic rings. The van der Waals surface area contributed by atoms with Crippen LogP contribution in [0.25, 0.3) is 10.2 Å². The van der Waals surface area contributed by atoms with Crippen molar-refractivity contribution in [1.82, 2.24) is 4.98 Å². The Bertz CT molecular complexity index is 752. The Kier molecular flexibility index (Phi) is 3.37. The summed E-state index contributed by atoms with van der Waals surface area (Å²) in [4.78, 5) is 16.2. The van der Waals surface area contributed by atoms with E-state index >= 15 is 0 Å². The molecule has 7 heteroatoms. The molecule has 1 unspecified atom stereocenters. The Morgan fingerprint density at radius 3 is 2.90 bits per heavy atom. The zero-order valence-corrected chi connectivity index (χ0v) is 12.2. The van der Waals surface area contributed by atoms with Crippen molar-refractivity contribution in [2.45, 2.75) is 13.0 Å². The van der Waals surface area contributed by atoms with E-state index in [0.717, 1.165) is 9.58 Å². The van der Waals surface area contributed by atoms with Gasteiger partial charge < -0.3 is 5.32 Å². The Balaban J connectivity index is 2.02. The molecular formula is C13H11N3O2S2. The van der Waals surface area contributed by atoms with Crippen LogP contribution in [0, 0.1) is 10.1 Å². The number of thiazole rings is 1. The number of anilines is 1. The topological polar surface area (TPSA) is 68.1 Å². The van der Waals surface area contributed by atoms with Crippen LogP contribution in [-0.4, -0.2) is 9.91 Å². The van der Waals surface area contributed by atoms with Gasteiger partial charge in [0, 0.05) is 4.88 Å². The number of nitro benzene ring substituents is 1. The molecule has 2 aromatic heterocycles. The van der Waals surface area contributed by atoms with Gasteiger partial charge in [-0.2, -0.15) is 0 Å². The van der Waals surface area contributed by atoms with E-state index in [-0.39, 0.29) is 16.7 Å². The van der Waals surface area contributed by atoms with Crippen molar-refractivity contribution < 1.29 is 4.92 Å². The van der Waals surface area contributed by atoms with E-state index in [1.165, 1.54) is 11.3 Å². The summed E-state index contributed by atoms with van der Waals surface area (Å²) >= 11 is 3.03. The third kappa shape index (κ3) is 2.25. The monoisotopic (exact) mass is 305 g/mol.